The van der Waals surface area contributed by atoms with E-state index in [1.807, 2.05) is 0 Å². The van der Waals surface area contributed by atoms with E-state index in [1.165, 1.54) is 18.3 Å². The molecule has 16 heavy (non-hydrogen) atoms. The third-order valence-electron chi connectivity index (χ3n) is 2.34. The Morgan fingerprint density at radius 3 is 2.94 bits per heavy atom. The standard InChI is InChI=1S/C11H10N2O3/c1-6-4-10(15)16-11-7(6)2-3-9(14)8(11)5-13-12/h2-5,14H,12H2,1H3/b13-5-. The van der Waals surface area contributed by atoms with Gasteiger partial charge in [-0.2, -0.15) is 5.10 Å². The summed E-state index contributed by atoms with van der Waals surface area (Å²) in [5, 5.41) is 13.7. The quantitative estimate of drug-likeness (QED) is 0.324. The van der Waals surface area contributed by atoms with Crippen LogP contribution < -0.4 is 11.5 Å². The number of fused-ring (bicyclic) bond motifs is 1. The molecular formula is C11H10N2O3. The zero-order valence-electron chi connectivity index (χ0n) is 8.60. The monoisotopic (exact) mass is 218 g/mol. The first kappa shape index (κ1) is 10.2. The largest absolute Gasteiger partial charge is 0.507 e. The summed E-state index contributed by atoms with van der Waals surface area (Å²) in [6.45, 7) is 1.79. The second kappa shape index (κ2) is 3.69. The first-order chi connectivity index (χ1) is 7.63. The summed E-state index contributed by atoms with van der Waals surface area (Å²) in [7, 11) is 0. The van der Waals surface area contributed by atoms with Gasteiger partial charge >= 0.3 is 5.63 Å². The van der Waals surface area contributed by atoms with Crippen molar-refractivity contribution in [1.29, 1.82) is 0 Å². The lowest BCUT2D eigenvalue weighted by atomic mass is 10.1. The van der Waals surface area contributed by atoms with E-state index in [-0.39, 0.29) is 5.75 Å². The number of phenols is 1. The molecule has 0 unspecified atom stereocenters. The first-order valence-corrected chi connectivity index (χ1v) is 4.63. The molecule has 3 N–H and O–H groups in total. The van der Waals surface area contributed by atoms with Crippen molar-refractivity contribution in [1.82, 2.24) is 0 Å². The molecule has 0 aliphatic carbocycles. The van der Waals surface area contributed by atoms with E-state index < -0.39 is 5.63 Å². The summed E-state index contributed by atoms with van der Waals surface area (Å²) in [5.74, 6) is 5.00. The Bertz CT molecular complexity index is 629. The van der Waals surface area contributed by atoms with Crippen LogP contribution in [-0.2, 0) is 0 Å². The van der Waals surface area contributed by atoms with Gasteiger partial charge in [0.25, 0.3) is 0 Å². The fourth-order valence-corrected chi connectivity index (χ4v) is 1.59. The van der Waals surface area contributed by atoms with Gasteiger partial charge in [-0.05, 0) is 24.6 Å². The molecule has 0 spiro atoms. The third-order valence-corrected chi connectivity index (χ3v) is 2.34. The highest BCUT2D eigenvalue weighted by molar-refractivity contribution is 5.99. The maximum Gasteiger partial charge on any atom is 0.336 e. The van der Waals surface area contributed by atoms with Crippen molar-refractivity contribution in [2.75, 3.05) is 0 Å². The molecule has 5 heteroatoms. The van der Waals surface area contributed by atoms with Gasteiger partial charge in [0, 0.05) is 11.5 Å². The number of aromatic hydroxyl groups is 1. The van der Waals surface area contributed by atoms with E-state index in [0.29, 0.717) is 11.1 Å². The SMILES string of the molecule is Cc1cc(=O)oc2c(/C=N\N)c(O)ccc12. The molecule has 0 aliphatic heterocycles. The number of hydrogen-bond acceptors (Lipinski definition) is 5. The van der Waals surface area contributed by atoms with Gasteiger partial charge in [0.1, 0.15) is 5.75 Å². The Labute approximate surface area is 90.8 Å². The average Bonchev–Trinajstić information content (AvgIpc) is 2.22. The summed E-state index contributed by atoms with van der Waals surface area (Å²) in [5.41, 5.74) is 0.903. The summed E-state index contributed by atoms with van der Waals surface area (Å²) >= 11 is 0. The predicted octanol–water partition coefficient (Wildman–Crippen LogP) is 1.10. The van der Waals surface area contributed by atoms with Crippen LogP contribution >= 0.6 is 0 Å². The zero-order chi connectivity index (χ0) is 11.7. The lowest BCUT2D eigenvalue weighted by molar-refractivity contribution is 0.472. The van der Waals surface area contributed by atoms with Gasteiger partial charge in [0.15, 0.2) is 5.58 Å². The van der Waals surface area contributed by atoms with E-state index in [1.54, 1.807) is 13.0 Å². The molecule has 0 bridgehead atoms. The minimum atomic E-state index is -0.470. The maximum absolute atomic E-state index is 11.2. The predicted molar refractivity (Wildman–Crippen MR) is 60.7 cm³/mol. The van der Waals surface area contributed by atoms with Crippen molar-refractivity contribution in [3.63, 3.8) is 0 Å². The molecule has 1 aromatic heterocycles. The fourth-order valence-electron chi connectivity index (χ4n) is 1.59. The topological polar surface area (TPSA) is 88.8 Å². The van der Waals surface area contributed by atoms with Crippen LogP contribution in [0.25, 0.3) is 11.0 Å². The van der Waals surface area contributed by atoms with Crippen LogP contribution in [-0.4, -0.2) is 11.3 Å². The normalized spacial score (nSPS) is 11.3. The Hall–Kier alpha value is -2.30. The van der Waals surface area contributed by atoms with Crippen molar-refractivity contribution in [3.8, 4) is 5.75 Å². The van der Waals surface area contributed by atoms with E-state index in [4.69, 9.17) is 10.3 Å². The second-order valence-electron chi connectivity index (χ2n) is 3.40. The number of nitrogens with zero attached hydrogens (tertiary/aromatic N) is 1. The van der Waals surface area contributed by atoms with Crippen molar-refractivity contribution in [2.24, 2.45) is 10.9 Å². The number of benzene rings is 1. The van der Waals surface area contributed by atoms with Gasteiger partial charge < -0.3 is 15.4 Å². The minimum absolute atomic E-state index is 0.0320. The molecule has 82 valence electrons. The van der Waals surface area contributed by atoms with Crippen molar-refractivity contribution in [2.45, 2.75) is 6.92 Å². The fraction of sp³-hybridized carbons (Fsp3) is 0.0909. The first-order valence-electron chi connectivity index (χ1n) is 4.63. The Kier molecular flexibility index (Phi) is 2.36. The van der Waals surface area contributed by atoms with Crippen LogP contribution in [0.15, 0.2) is 32.5 Å². The number of hydrazone groups is 1. The molecule has 0 saturated heterocycles. The highest BCUT2D eigenvalue weighted by Gasteiger charge is 2.10. The number of phenolic OH excluding ortho intramolecular Hbond substituents is 1. The van der Waals surface area contributed by atoms with Gasteiger partial charge in [-0.15, -0.1) is 0 Å². The van der Waals surface area contributed by atoms with Gasteiger partial charge in [-0.25, -0.2) is 4.79 Å². The molecule has 1 heterocycles. The van der Waals surface area contributed by atoms with Crippen LogP contribution in [0.2, 0.25) is 0 Å². The van der Waals surface area contributed by atoms with E-state index in [0.717, 1.165) is 10.9 Å². The summed E-state index contributed by atoms with van der Waals surface area (Å²) in [4.78, 5) is 11.2. The Morgan fingerprint density at radius 2 is 2.25 bits per heavy atom. The van der Waals surface area contributed by atoms with Crippen LogP contribution in [0.3, 0.4) is 0 Å². The average molecular weight is 218 g/mol. The summed E-state index contributed by atoms with van der Waals surface area (Å²) in [6.07, 6.45) is 1.25. The van der Waals surface area contributed by atoms with Gasteiger partial charge in [-0.3, -0.25) is 0 Å². The van der Waals surface area contributed by atoms with E-state index in [9.17, 15) is 9.90 Å². The number of aryl methyl sites for hydroxylation is 1. The second-order valence-corrected chi connectivity index (χ2v) is 3.40. The molecule has 2 rings (SSSR count). The lowest BCUT2D eigenvalue weighted by Gasteiger charge is -2.04. The van der Waals surface area contributed by atoms with Crippen LogP contribution in [0.1, 0.15) is 11.1 Å². The van der Waals surface area contributed by atoms with Crippen LogP contribution in [0.5, 0.6) is 5.75 Å². The summed E-state index contributed by atoms with van der Waals surface area (Å²) < 4.78 is 5.04. The lowest BCUT2D eigenvalue weighted by Crippen LogP contribution is -2.00. The van der Waals surface area contributed by atoms with Crippen molar-refractivity contribution < 1.29 is 9.52 Å². The molecule has 0 fully saturated rings. The number of hydrogen-bond donors (Lipinski definition) is 2. The molecule has 0 saturated carbocycles. The Balaban J connectivity index is 2.97. The molecule has 0 radical (unpaired) electrons. The third kappa shape index (κ3) is 1.52. The molecule has 0 amide bonds. The molecule has 0 aliphatic rings. The Morgan fingerprint density at radius 1 is 1.50 bits per heavy atom. The maximum atomic E-state index is 11.2. The van der Waals surface area contributed by atoms with Crippen molar-refractivity contribution >= 4 is 17.2 Å². The molecule has 0 atom stereocenters. The highest BCUT2D eigenvalue weighted by Crippen LogP contribution is 2.26. The number of nitrogens with two attached hydrogens (primary N) is 1. The molecular weight excluding hydrogens is 208 g/mol. The smallest absolute Gasteiger partial charge is 0.336 e. The minimum Gasteiger partial charge on any atom is -0.507 e. The summed E-state index contributed by atoms with van der Waals surface area (Å²) in [6, 6.07) is 4.58. The van der Waals surface area contributed by atoms with E-state index in [2.05, 4.69) is 5.10 Å². The van der Waals surface area contributed by atoms with Crippen LogP contribution in [0.4, 0.5) is 0 Å². The number of rotatable bonds is 1. The van der Waals surface area contributed by atoms with Crippen molar-refractivity contribution in [3.05, 3.63) is 39.7 Å². The molecule has 5 nitrogen and oxygen atoms in total. The van der Waals surface area contributed by atoms with Crippen LogP contribution in [0, 0.1) is 6.92 Å². The van der Waals surface area contributed by atoms with Gasteiger partial charge in [0.2, 0.25) is 0 Å². The molecule has 1 aromatic carbocycles. The zero-order valence-corrected chi connectivity index (χ0v) is 8.60. The van der Waals surface area contributed by atoms with Gasteiger partial charge in [0.05, 0.1) is 11.8 Å². The van der Waals surface area contributed by atoms with Gasteiger partial charge in [-0.1, -0.05) is 0 Å². The highest BCUT2D eigenvalue weighted by atomic mass is 16.4. The van der Waals surface area contributed by atoms with E-state index >= 15 is 0 Å². The molecule has 2 aromatic rings.